The molecule has 0 bridgehead atoms. The minimum absolute atomic E-state index is 0.250. The van der Waals surface area contributed by atoms with Crippen LogP contribution in [0.3, 0.4) is 0 Å². The molecule has 1 heterocycles. The van der Waals surface area contributed by atoms with E-state index >= 15 is 0 Å². The standard InChI is InChI=1S/C19H23NO3S/c1-4-23-18-10-9-16(14(2)3)13-19(18)24(21,22)20-12-11-15-7-5-6-8-17(15)20/h5-10,13-14H,4,11-12H2,1-3H3. The first-order valence-corrected chi connectivity index (χ1v) is 9.76. The van der Waals surface area contributed by atoms with Gasteiger partial charge in [0.1, 0.15) is 10.6 Å². The molecule has 0 unspecified atom stereocenters. The number of para-hydroxylation sites is 1. The summed E-state index contributed by atoms with van der Waals surface area (Å²) >= 11 is 0. The highest BCUT2D eigenvalue weighted by atomic mass is 32.2. The topological polar surface area (TPSA) is 46.6 Å². The molecular formula is C19H23NO3S. The van der Waals surface area contributed by atoms with Crippen LogP contribution in [0.2, 0.25) is 0 Å². The van der Waals surface area contributed by atoms with Gasteiger partial charge < -0.3 is 4.74 Å². The molecule has 2 aromatic rings. The molecule has 128 valence electrons. The number of benzene rings is 2. The summed E-state index contributed by atoms with van der Waals surface area (Å²) in [5.74, 6) is 0.673. The third-order valence-corrected chi connectivity index (χ3v) is 6.18. The van der Waals surface area contributed by atoms with Crippen LogP contribution in [0.25, 0.3) is 0 Å². The first-order valence-electron chi connectivity index (χ1n) is 8.32. The summed E-state index contributed by atoms with van der Waals surface area (Å²) in [6.07, 6.45) is 0.739. The molecule has 1 aliphatic rings. The van der Waals surface area contributed by atoms with Gasteiger partial charge in [0.25, 0.3) is 10.0 Å². The first-order chi connectivity index (χ1) is 11.4. The second-order valence-electron chi connectivity index (χ2n) is 6.25. The van der Waals surface area contributed by atoms with Crippen LogP contribution >= 0.6 is 0 Å². The fourth-order valence-corrected chi connectivity index (χ4v) is 4.71. The highest BCUT2D eigenvalue weighted by molar-refractivity contribution is 7.93. The van der Waals surface area contributed by atoms with Crippen molar-refractivity contribution in [3.05, 3.63) is 53.6 Å². The Balaban J connectivity index is 2.11. The van der Waals surface area contributed by atoms with Crippen LogP contribution in [-0.4, -0.2) is 21.6 Å². The Morgan fingerprint density at radius 2 is 1.92 bits per heavy atom. The molecule has 0 spiro atoms. The van der Waals surface area contributed by atoms with Crippen LogP contribution in [0, 0.1) is 0 Å². The smallest absolute Gasteiger partial charge is 0.268 e. The molecule has 0 saturated heterocycles. The number of hydrogen-bond donors (Lipinski definition) is 0. The number of rotatable bonds is 5. The number of ether oxygens (including phenoxy) is 1. The van der Waals surface area contributed by atoms with E-state index in [4.69, 9.17) is 4.74 Å². The summed E-state index contributed by atoms with van der Waals surface area (Å²) < 4.78 is 33.7. The molecule has 0 fully saturated rings. The lowest BCUT2D eigenvalue weighted by Crippen LogP contribution is -2.29. The van der Waals surface area contributed by atoms with Gasteiger partial charge >= 0.3 is 0 Å². The van der Waals surface area contributed by atoms with Crippen LogP contribution in [-0.2, 0) is 16.4 Å². The molecule has 4 nitrogen and oxygen atoms in total. The molecule has 5 heteroatoms. The minimum atomic E-state index is -3.65. The summed E-state index contributed by atoms with van der Waals surface area (Å²) in [6.45, 7) is 6.87. The lowest BCUT2D eigenvalue weighted by atomic mass is 10.0. The lowest BCUT2D eigenvalue weighted by molar-refractivity contribution is 0.331. The van der Waals surface area contributed by atoms with E-state index in [0.717, 1.165) is 23.2 Å². The molecule has 2 aromatic carbocycles. The van der Waals surface area contributed by atoms with Gasteiger partial charge in [0, 0.05) is 6.54 Å². The van der Waals surface area contributed by atoms with Crippen LogP contribution in [0.4, 0.5) is 5.69 Å². The van der Waals surface area contributed by atoms with Crippen LogP contribution < -0.4 is 9.04 Å². The van der Waals surface area contributed by atoms with E-state index in [-0.39, 0.29) is 10.8 Å². The predicted octanol–water partition coefficient (Wildman–Crippen LogP) is 3.96. The summed E-state index contributed by atoms with van der Waals surface area (Å²) in [6, 6.07) is 13.1. The molecule has 0 atom stereocenters. The average Bonchev–Trinajstić information content (AvgIpc) is 3.00. The second-order valence-corrected chi connectivity index (χ2v) is 8.08. The van der Waals surface area contributed by atoms with E-state index in [9.17, 15) is 8.42 Å². The van der Waals surface area contributed by atoms with Gasteiger partial charge in [-0.1, -0.05) is 38.1 Å². The van der Waals surface area contributed by atoms with Gasteiger partial charge in [-0.15, -0.1) is 0 Å². The number of sulfonamides is 1. The van der Waals surface area contributed by atoms with Crippen LogP contribution in [0.5, 0.6) is 5.75 Å². The maximum absolute atomic E-state index is 13.3. The van der Waals surface area contributed by atoms with Gasteiger partial charge in [0.15, 0.2) is 0 Å². The zero-order valence-electron chi connectivity index (χ0n) is 14.3. The number of anilines is 1. The van der Waals surface area contributed by atoms with Crippen LogP contribution in [0.1, 0.15) is 37.8 Å². The average molecular weight is 345 g/mol. The number of fused-ring (bicyclic) bond motifs is 1. The molecule has 24 heavy (non-hydrogen) atoms. The van der Waals surface area contributed by atoms with E-state index in [2.05, 4.69) is 13.8 Å². The third-order valence-electron chi connectivity index (χ3n) is 4.35. The van der Waals surface area contributed by atoms with Gasteiger partial charge in [0.05, 0.1) is 12.3 Å². The summed E-state index contributed by atoms with van der Waals surface area (Å²) in [5, 5.41) is 0. The monoisotopic (exact) mass is 345 g/mol. The van der Waals surface area contributed by atoms with Gasteiger partial charge in [-0.25, -0.2) is 8.42 Å². The summed E-state index contributed by atoms with van der Waals surface area (Å²) in [4.78, 5) is 0.257. The van der Waals surface area contributed by atoms with Crippen molar-refractivity contribution in [1.29, 1.82) is 0 Å². The molecule has 1 aliphatic heterocycles. The van der Waals surface area contributed by atoms with Crippen LogP contribution in [0.15, 0.2) is 47.4 Å². The quantitative estimate of drug-likeness (QED) is 0.824. The Labute approximate surface area is 144 Å². The van der Waals surface area contributed by atoms with Crippen molar-refractivity contribution in [2.45, 2.75) is 38.0 Å². The third kappa shape index (κ3) is 2.88. The second kappa shape index (κ2) is 6.48. The first kappa shape index (κ1) is 16.8. The number of nitrogens with zero attached hydrogens (tertiary/aromatic N) is 1. The number of hydrogen-bond acceptors (Lipinski definition) is 3. The summed E-state index contributed by atoms with van der Waals surface area (Å²) in [7, 11) is -3.65. The molecule has 3 rings (SSSR count). The van der Waals surface area contributed by atoms with E-state index in [1.54, 1.807) is 12.1 Å². The molecule has 0 amide bonds. The maximum atomic E-state index is 13.3. The molecular weight excluding hydrogens is 322 g/mol. The molecule has 0 N–H and O–H groups in total. The molecule has 0 aliphatic carbocycles. The fourth-order valence-electron chi connectivity index (χ4n) is 3.04. The fraction of sp³-hybridized carbons (Fsp3) is 0.368. The van der Waals surface area contributed by atoms with Crippen molar-refractivity contribution in [3.63, 3.8) is 0 Å². The SMILES string of the molecule is CCOc1ccc(C(C)C)cc1S(=O)(=O)N1CCc2ccccc21. The lowest BCUT2D eigenvalue weighted by Gasteiger charge is -2.22. The molecule has 0 radical (unpaired) electrons. The van der Waals surface area contributed by atoms with Crippen molar-refractivity contribution in [3.8, 4) is 5.75 Å². The van der Waals surface area contributed by atoms with Crippen molar-refractivity contribution in [1.82, 2.24) is 0 Å². The highest BCUT2D eigenvalue weighted by Gasteiger charge is 2.33. The van der Waals surface area contributed by atoms with Crippen molar-refractivity contribution >= 4 is 15.7 Å². The Hall–Kier alpha value is -2.01. The Morgan fingerprint density at radius 3 is 2.62 bits per heavy atom. The minimum Gasteiger partial charge on any atom is -0.492 e. The summed E-state index contributed by atoms with van der Waals surface area (Å²) in [5.41, 5.74) is 2.83. The highest BCUT2D eigenvalue weighted by Crippen LogP contribution is 2.36. The van der Waals surface area contributed by atoms with E-state index < -0.39 is 10.0 Å². The maximum Gasteiger partial charge on any atom is 0.268 e. The molecule has 0 saturated carbocycles. The zero-order valence-corrected chi connectivity index (χ0v) is 15.1. The Morgan fingerprint density at radius 1 is 1.17 bits per heavy atom. The van der Waals surface area contributed by atoms with Crippen molar-refractivity contribution < 1.29 is 13.2 Å². The Kier molecular flexibility index (Phi) is 4.54. The van der Waals surface area contributed by atoms with Gasteiger partial charge in [-0.05, 0) is 48.6 Å². The van der Waals surface area contributed by atoms with Crippen molar-refractivity contribution in [2.75, 3.05) is 17.5 Å². The van der Waals surface area contributed by atoms with Gasteiger partial charge in [0.2, 0.25) is 0 Å². The Bertz CT molecular complexity index is 843. The van der Waals surface area contributed by atoms with E-state index in [1.165, 1.54) is 4.31 Å². The largest absolute Gasteiger partial charge is 0.492 e. The van der Waals surface area contributed by atoms with Gasteiger partial charge in [-0.3, -0.25) is 4.31 Å². The predicted molar refractivity (Wildman–Crippen MR) is 96.4 cm³/mol. The normalized spacial score (nSPS) is 14.1. The van der Waals surface area contributed by atoms with E-state index in [1.807, 2.05) is 37.3 Å². The van der Waals surface area contributed by atoms with E-state index in [0.29, 0.717) is 18.9 Å². The zero-order chi connectivity index (χ0) is 17.3. The van der Waals surface area contributed by atoms with Crippen molar-refractivity contribution in [2.24, 2.45) is 0 Å². The van der Waals surface area contributed by atoms with Gasteiger partial charge in [-0.2, -0.15) is 0 Å². The molecule has 0 aromatic heterocycles.